The van der Waals surface area contributed by atoms with E-state index in [1.165, 1.54) is 19.4 Å². The van der Waals surface area contributed by atoms with Gasteiger partial charge in [0.25, 0.3) is 0 Å². The van der Waals surface area contributed by atoms with Gasteiger partial charge in [-0.1, -0.05) is 33.6 Å². The largest absolute Gasteiger partial charge is 0.302 e. The van der Waals surface area contributed by atoms with E-state index >= 15 is 0 Å². The summed E-state index contributed by atoms with van der Waals surface area (Å²) in [7, 11) is 0. The van der Waals surface area contributed by atoms with E-state index in [1.807, 2.05) is 0 Å². The number of hydrogen-bond acceptors (Lipinski definition) is 2. The van der Waals surface area contributed by atoms with Gasteiger partial charge in [-0.25, -0.2) is 0 Å². The quantitative estimate of drug-likeness (QED) is 0.689. The summed E-state index contributed by atoms with van der Waals surface area (Å²) in [6.07, 6.45) is 3.28. The summed E-state index contributed by atoms with van der Waals surface area (Å²) in [5.41, 5.74) is 0. The predicted octanol–water partition coefficient (Wildman–Crippen LogP) is 2.33. The Kier molecular flexibility index (Phi) is 4.59. The van der Waals surface area contributed by atoms with Gasteiger partial charge in [0.15, 0.2) is 0 Å². The highest BCUT2D eigenvalue weighted by molar-refractivity contribution is 5.81. The monoisotopic (exact) mass is 197 g/mol. The molecule has 0 aromatic carbocycles. The first-order chi connectivity index (χ1) is 6.67. The average molecular weight is 197 g/mol. The van der Waals surface area contributed by atoms with Crippen LogP contribution in [0.1, 0.15) is 40.0 Å². The molecule has 2 nitrogen and oxygen atoms in total. The van der Waals surface area contributed by atoms with E-state index in [9.17, 15) is 4.79 Å². The summed E-state index contributed by atoms with van der Waals surface area (Å²) in [5, 5.41) is 0. The molecule has 1 saturated heterocycles. The summed E-state index contributed by atoms with van der Waals surface area (Å²) in [6.45, 7) is 9.72. The highest BCUT2D eigenvalue weighted by atomic mass is 16.1. The zero-order chi connectivity index (χ0) is 10.6. The normalized spacial score (nSPS) is 24.6. The second kappa shape index (κ2) is 5.50. The molecule has 0 aromatic rings. The van der Waals surface area contributed by atoms with Crippen LogP contribution >= 0.6 is 0 Å². The molecule has 0 spiro atoms. The summed E-state index contributed by atoms with van der Waals surface area (Å²) in [6, 6.07) is 0. The van der Waals surface area contributed by atoms with E-state index in [-0.39, 0.29) is 5.92 Å². The molecular formula is C12H23NO. The Hall–Kier alpha value is -0.370. The Morgan fingerprint density at radius 1 is 1.43 bits per heavy atom. The van der Waals surface area contributed by atoms with Gasteiger partial charge < -0.3 is 4.90 Å². The van der Waals surface area contributed by atoms with Gasteiger partial charge in [-0.2, -0.15) is 0 Å². The van der Waals surface area contributed by atoms with Gasteiger partial charge in [-0.15, -0.1) is 0 Å². The number of likely N-dealkylation sites (tertiary alicyclic amines) is 1. The average Bonchev–Trinajstić information content (AvgIpc) is 2.19. The highest BCUT2D eigenvalue weighted by Crippen LogP contribution is 2.16. The molecule has 2 heteroatoms. The Bertz CT molecular complexity index is 187. The summed E-state index contributed by atoms with van der Waals surface area (Å²) < 4.78 is 0. The van der Waals surface area contributed by atoms with Crippen LogP contribution in [0.5, 0.6) is 0 Å². The third-order valence-corrected chi connectivity index (χ3v) is 3.43. The van der Waals surface area contributed by atoms with E-state index in [2.05, 4.69) is 25.7 Å². The van der Waals surface area contributed by atoms with Crippen molar-refractivity contribution < 1.29 is 4.79 Å². The van der Waals surface area contributed by atoms with Crippen molar-refractivity contribution in [3.63, 3.8) is 0 Å². The molecule has 0 aromatic heterocycles. The number of piperidine rings is 1. The van der Waals surface area contributed by atoms with E-state index < -0.39 is 0 Å². The molecule has 0 radical (unpaired) electrons. The zero-order valence-corrected chi connectivity index (χ0v) is 9.75. The Labute approximate surface area is 87.7 Å². The third kappa shape index (κ3) is 3.09. The summed E-state index contributed by atoms with van der Waals surface area (Å²) in [4.78, 5) is 13.8. The lowest BCUT2D eigenvalue weighted by Crippen LogP contribution is -2.41. The van der Waals surface area contributed by atoms with Gasteiger partial charge in [-0.3, -0.25) is 4.79 Å². The van der Waals surface area contributed by atoms with Gasteiger partial charge in [0.05, 0.1) is 0 Å². The second-order valence-electron chi connectivity index (χ2n) is 4.56. The van der Waals surface area contributed by atoms with Crippen LogP contribution < -0.4 is 0 Å². The maximum absolute atomic E-state index is 11.3. The highest BCUT2D eigenvalue weighted by Gasteiger charge is 2.24. The first-order valence-corrected chi connectivity index (χ1v) is 5.92. The SMILES string of the molecule is CCC(CC)CN1CCC(=O)C(C)C1. The van der Waals surface area contributed by atoms with Crippen molar-refractivity contribution in [2.45, 2.75) is 40.0 Å². The predicted molar refractivity (Wildman–Crippen MR) is 59.3 cm³/mol. The first-order valence-electron chi connectivity index (χ1n) is 5.92. The van der Waals surface area contributed by atoms with Crippen LogP contribution in [0.2, 0.25) is 0 Å². The number of Topliss-reactive ketones (excluding diaryl/α,β-unsaturated/α-hetero) is 1. The molecule has 0 saturated carbocycles. The first kappa shape index (κ1) is 11.7. The van der Waals surface area contributed by atoms with Crippen LogP contribution in [0.15, 0.2) is 0 Å². The van der Waals surface area contributed by atoms with E-state index in [0.717, 1.165) is 25.4 Å². The molecule has 0 N–H and O–H groups in total. The molecule has 1 aliphatic rings. The molecule has 1 aliphatic heterocycles. The standard InChI is InChI=1S/C12H23NO/c1-4-11(5-2)9-13-7-6-12(14)10(3)8-13/h10-11H,4-9H2,1-3H3. The van der Waals surface area contributed by atoms with Crippen LogP contribution in [-0.2, 0) is 4.79 Å². The number of nitrogens with zero attached hydrogens (tertiary/aromatic N) is 1. The summed E-state index contributed by atoms with van der Waals surface area (Å²) >= 11 is 0. The minimum absolute atomic E-state index is 0.262. The number of carbonyl (C=O) groups excluding carboxylic acids is 1. The molecule has 1 fully saturated rings. The summed E-state index contributed by atoms with van der Waals surface area (Å²) in [5.74, 6) is 1.53. The van der Waals surface area contributed by atoms with Crippen molar-refractivity contribution in [3.05, 3.63) is 0 Å². The molecular weight excluding hydrogens is 174 g/mol. The lowest BCUT2D eigenvalue weighted by atomic mass is 9.96. The Morgan fingerprint density at radius 3 is 2.57 bits per heavy atom. The number of hydrogen-bond donors (Lipinski definition) is 0. The van der Waals surface area contributed by atoms with E-state index in [1.54, 1.807) is 0 Å². The van der Waals surface area contributed by atoms with Crippen LogP contribution in [-0.4, -0.2) is 30.3 Å². The third-order valence-electron chi connectivity index (χ3n) is 3.43. The fourth-order valence-corrected chi connectivity index (χ4v) is 2.17. The van der Waals surface area contributed by atoms with Crippen LogP contribution in [0.4, 0.5) is 0 Å². The lowest BCUT2D eigenvalue weighted by molar-refractivity contribution is -0.125. The smallest absolute Gasteiger partial charge is 0.138 e. The molecule has 1 unspecified atom stereocenters. The van der Waals surface area contributed by atoms with Crippen molar-refractivity contribution in [2.75, 3.05) is 19.6 Å². The molecule has 82 valence electrons. The van der Waals surface area contributed by atoms with Crippen molar-refractivity contribution in [3.8, 4) is 0 Å². The van der Waals surface area contributed by atoms with Crippen molar-refractivity contribution in [2.24, 2.45) is 11.8 Å². The van der Waals surface area contributed by atoms with Crippen LogP contribution in [0.25, 0.3) is 0 Å². The van der Waals surface area contributed by atoms with Crippen LogP contribution in [0, 0.1) is 11.8 Å². The molecule has 14 heavy (non-hydrogen) atoms. The molecule has 1 rings (SSSR count). The number of rotatable bonds is 4. The van der Waals surface area contributed by atoms with Crippen LogP contribution in [0.3, 0.4) is 0 Å². The maximum atomic E-state index is 11.3. The number of carbonyl (C=O) groups is 1. The number of ketones is 1. The second-order valence-corrected chi connectivity index (χ2v) is 4.56. The van der Waals surface area contributed by atoms with Crippen molar-refractivity contribution >= 4 is 5.78 Å². The molecule has 0 bridgehead atoms. The van der Waals surface area contributed by atoms with E-state index in [4.69, 9.17) is 0 Å². The zero-order valence-electron chi connectivity index (χ0n) is 9.75. The topological polar surface area (TPSA) is 20.3 Å². The van der Waals surface area contributed by atoms with Gasteiger partial charge in [0.1, 0.15) is 5.78 Å². The molecule has 0 amide bonds. The van der Waals surface area contributed by atoms with Crippen molar-refractivity contribution in [1.29, 1.82) is 0 Å². The van der Waals surface area contributed by atoms with Gasteiger partial charge >= 0.3 is 0 Å². The fourth-order valence-electron chi connectivity index (χ4n) is 2.17. The Balaban J connectivity index is 2.35. The lowest BCUT2D eigenvalue weighted by Gasteiger charge is -2.32. The van der Waals surface area contributed by atoms with Crippen molar-refractivity contribution in [1.82, 2.24) is 4.90 Å². The Morgan fingerprint density at radius 2 is 2.07 bits per heavy atom. The van der Waals surface area contributed by atoms with E-state index in [0.29, 0.717) is 5.78 Å². The maximum Gasteiger partial charge on any atom is 0.138 e. The molecule has 1 atom stereocenters. The van der Waals surface area contributed by atoms with Gasteiger partial charge in [0.2, 0.25) is 0 Å². The van der Waals surface area contributed by atoms with Gasteiger partial charge in [0, 0.05) is 32.0 Å². The molecule has 1 heterocycles. The fraction of sp³-hybridized carbons (Fsp3) is 0.917. The molecule has 0 aliphatic carbocycles. The van der Waals surface area contributed by atoms with Gasteiger partial charge in [-0.05, 0) is 5.92 Å². The minimum atomic E-state index is 0.262. The minimum Gasteiger partial charge on any atom is -0.302 e.